The normalized spacial score (nSPS) is 23.1. The zero-order valence-electron chi connectivity index (χ0n) is 11.5. The largest absolute Gasteiger partial charge is 0.345 e. The molecule has 0 aromatic carbocycles. The van der Waals surface area contributed by atoms with Gasteiger partial charge in [0.1, 0.15) is 0 Å². The van der Waals surface area contributed by atoms with E-state index in [1.54, 1.807) is 23.3 Å². The Morgan fingerprint density at radius 1 is 1.45 bits per heavy atom. The van der Waals surface area contributed by atoms with Gasteiger partial charge >= 0.3 is 0 Å². The number of rotatable bonds is 2. The number of hydrogen-bond acceptors (Lipinski definition) is 3. The van der Waals surface area contributed by atoms with Crippen molar-refractivity contribution in [1.29, 1.82) is 0 Å². The highest BCUT2D eigenvalue weighted by atomic mass is 32.1. The molecule has 5 heteroatoms. The Labute approximate surface area is 122 Å². The number of thiophene rings is 1. The first-order valence-corrected chi connectivity index (χ1v) is 7.79. The second-order valence-corrected chi connectivity index (χ2v) is 6.36. The first kappa shape index (κ1) is 13.4. The van der Waals surface area contributed by atoms with Crippen molar-refractivity contribution in [3.05, 3.63) is 28.5 Å². The number of hydrogen-bond donors (Lipinski definition) is 0. The summed E-state index contributed by atoms with van der Waals surface area (Å²) in [4.78, 5) is 28.8. The van der Waals surface area contributed by atoms with Crippen molar-refractivity contribution in [1.82, 2.24) is 9.80 Å². The third-order valence-electron chi connectivity index (χ3n) is 4.05. The predicted molar refractivity (Wildman–Crippen MR) is 79.2 cm³/mol. The molecule has 0 aliphatic carbocycles. The molecule has 1 aromatic rings. The van der Waals surface area contributed by atoms with E-state index in [1.165, 1.54) is 10.5 Å². The van der Waals surface area contributed by atoms with Gasteiger partial charge in [-0.2, -0.15) is 0 Å². The van der Waals surface area contributed by atoms with Crippen molar-refractivity contribution in [3.63, 3.8) is 0 Å². The van der Waals surface area contributed by atoms with Crippen LogP contribution in [0.25, 0.3) is 5.57 Å². The van der Waals surface area contributed by atoms with Crippen LogP contribution in [0.1, 0.15) is 17.7 Å². The summed E-state index contributed by atoms with van der Waals surface area (Å²) >= 11 is 1.74. The standard InChI is InChI=1S/C15H18N2O2S/c1-16-10-12(9-14(16)18)15(19)17-6-4-11(5-7-17)13-3-2-8-20-13/h2-4,8,12H,5-7,9-10H2,1H3. The molecule has 0 spiro atoms. The lowest BCUT2D eigenvalue weighted by Crippen LogP contribution is -2.39. The molecule has 1 atom stereocenters. The molecule has 2 amide bonds. The van der Waals surface area contributed by atoms with E-state index in [4.69, 9.17) is 0 Å². The van der Waals surface area contributed by atoms with Gasteiger partial charge < -0.3 is 9.80 Å². The summed E-state index contributed by atoms with van der Waals surface area (Å²) in [6.07, 6.45) is 3.42. The van der Waals surface area contributed by atoms with Crippen LogP contribution in [0.3, 0.4) is 0 Å². The van der Waals surface area contributed by atoms with Crippen LogP contribution in [-0.2, 0) is 9.59 Å². The van der Waals surface area contributed by atoms with Crippen molar-refractivity contribution >= 4 is 28.7 Å². The average Bonchev–Trinajstić information content (AvgIpc) is 3.09. The molecule has 1 aromatic heterocycles. The van der Waals surface area contributed by atoms with Crippen LogP contribution in [0.4, 0.5) is 0 Å². The fourth-order valence-corrected chi connectivity index (χ4v) is 3.64. The molecule has 2 aliphatic rings. The molecular formula is C15H18N2O2S. The molecule has 3 heterocycles. The lowest BCUT2D eigenvalue weighted by molar-refractivity contribution is -0.135. The second-order valence-electron chi connectivity index (χ2n) is 5.42. The van der Waals surface area contributed by atoms with Crippen LogP contribution in [-0.4, -0.2) is 48.3 Å². The molecule has 0 saturated carbocycles. The molecule has 20 heavy (non-hydrogen) atoms. The molecule has 2 aliphatic heterocycles. The molecular weight excluding hydrogens is 272 g/mol. The predicted octanol–water partition coefficient (Wildman–Crippen LogP) is 1.84. The first-order chi connectivity index (χ1) is 9.65. The monoisotopic (exact) mass is 290 g/mol. The highest BCUT2D eigenvalue weighted by molar-refractivity contribution is 7.11. The van der Waals surface area contributed by atoms with Crippen molar-refractivity contribution in [2.45, 2.75) is 12.8 Å². The van der Waals surface area contributed by atoms with Gasteiger partial charge in [-0.3, -0.25) is 9.59 Å². The summed E-state index contributed by atoms with van der Waals surface area (Å²) in [5.41, 5.74) is 1.34. The topological polar surface area (TPSA) is 40.6 Å². The van der Waals surface area contributed by atoms with Crippen LogP contribution in [0.2, 0.25) is 0 Å². The minimum absolute atomic E-state index is 0.0789. The van der Waals surface area contributed by atoms with E-state index in [2.05, 4.69) is 23.6 Å². The van der Waals surface area contributed by atoms with Crippen LogP contribution in [0, 0.1) is 5.92 Å². The van der Waals surface area contributed by atoms with Crippen molar-refractivity contribution in [2.24, 2.45) is 5.92 Å². The second kappa shape index (κ2) is 5.40. The maximum absolute atomic E-state index is 12.4. The Balaban J connectivity index is 1.63. The number of amides is 2. The minimum Gasteiger partial charge on any atom is -0.345 e. The molecule has 4 nitrogen and oxygen atoms in total. The number of nitrogens with zero attached hydrogens (tertiary/aromatic N) is 2. The van der Waals surface area contributed by atoms with Crippen molar-refractivity contribution < 1.29 is 9.59 Å². The highest BCUT2D eigenvalue weighted by Gasteiger charge is 2.35. The van der Waals surface area contributed by atoms with Crippen molar-refractivity contribution in [3.8, 4) is 0 Å². The summed E-state index contributed by atoms with van der Waals surface area (Å²) in [6.45, 7) is 1.99. The van der Waals surface area contributed by atoms with Gasteiger partial charge in [-0.15, -0.1) is 11.3 Å². The van der Waals surface area contributed by atoms with E-state index in [-0.39, 0.29) is 17.7 Å². The molecule has 3 rings (SSSR count). The van der Waals surface area contributed by atoms with Gasteiger partial charge in [0.05, 0.1) is 5.92 Å². The Hall–Kier alpha value is -1.62. The third kappa shape index (κ3) is 2.50. The maximum atomic E-state index is 12.4. The van der Waals surface area contributed by atoms with E-state index in [9.17, 15) is 9.59 Å². The lowest BCUT2D eigenvalue weighted by atomic mass is 10.0. The van der Waals surface area contributed by atoms with Gasteiger partial charge in [-0.05, 0) is 23.4 Å². The van der Waals surface area contributed by atoms with E-state index in [0.717, 1.165) is 13.0 Å². The van der Waals surface area contributed by atoms with E-state index >= 15 is 0 Å². The summed E-state index contributed by atoms with van der Waals surface area (Å²) in [6, 6.07) is 4.18. The van der Waals surface area contributed by atoms with Crippen LogP contribution in [0.5, 0.6) is 0 Å². The Morgan fingerprint density at radius 3 is 2.85 bits per heavy atom. The number of likely N-dealkylation sites (tertiary alicyclic amines) is 1. The summed E-state index contributed by atoms with van der Waals surface area (Å²) < 4.78 is 0. The number of carbonyl (C=O) groups is 2. The van der Waals surface area contributed by atoms with Crippen LogP contribution in [0.15, 0.2) is 23.6 Å². The van der Waals surface area contributed by atoms with Gasteiger partial charge in [-0.1, -0.05) is 12.1 Å². The highest BCUT2D eigenvalue weighted by Crippen LogP contribution is 2.27. The Bertz CT molecular complexity index is 550. The van der Waals surface area contributed by atoms with Gasteiger partial charge in [0, 0.05) is 38.0 Å². The quantitative estimate of drug-likeness (QED) is 0.834. The smallest absolute Gasteiger partial charge is 0.228 e. The Morgan fingerprint density at radius 2 is 2.30 bits per heavy atom. The fourth-order valence-electron chi connectivity index (χ4n) is 2.84. The molecule has 0 bridgehead atoms. The zero-order valence-corrected chi connectivity index (χ0v) is 12.4. The molecule has 0 radical (unpaired) electrons. The summed E-state index contributed by atoms with van der Waals surface area (Å²) in [5.74, 6) is 0.0588. The molecule has 1 unspecified atom stereocenters. The summed E-state index contributed by atoms with van der Waals surface area (Å²) in [5, 5.41) is 2.08. The van der Waals surface area contributed by atoms with E-state index in [1.807, 2.05) is 4.90 Å². The molecule has 1 saturated heterocycles. The molecule has 1 fully saturated rings. The fraction of sp³-hybridized carbons (Fsp3) is 0.467. The van der Waals surface area contributed by atoms with E-state index < -0.39 is 0 Å². The van der Waals surface area contributed by atoms with Gasteiger partial charge in [0.25, 0.3) is 0 Å². The lowest BCUT2D eigenvalue weighted by Gasteiger charge is -2.28. The first-order valence-electron chi connectivity index (χ1n) is 6.91. The van der Waals surface area contributed by atoms with Gasteiger partial charge in [-0.25, -0.2) is 0 Å². The molecule has 0 N–H and O–H groups in total. The minimum atomic E-state index is -0.149. The van der Waals surface area contributed by atoms with Crippen molar-refractivity contribution in [2.75, 3.05) is 26.7 Å². The van der Waals surface area contributed by atoms with Gasteiger partial charge in [0.2, 0.25) is 11.8 Å². The zero-order chi connectivity index (χ0) is 14.1. The SMILES string of the molecule is CN1CC(C(=O)N2CC=C(c3cccs3)CC2)CC1=O. The van der Waals surface area contributed by atoms with Crippen LogP contribution < -0.4 is 0 Å². The van der Waals surface area contributed by atoms with E-state index in [0.29, 0.717) is 19.5 Å². The average molecular weight is 290 g/mol. The Kier molecular flexibility index (Phi) is 3.61. The number of carbonyl (C=O) groups excluding carboxylic acids is 2. The third-order valence-corrected chi connectivity index (χ3v) is 4.99. The summed E-state index contributed by atoms with van der Waals surface area (Å²) in [7, 11) is 1.76. The van der Waals surface area contributed by atoms with Crippen LogP contribution >= 0.6 is 11.3 Å². The molecule has 106 valence electrons. The van der Waals surface area contributed by atoms with Gasteiger partial charge in [0.15, 0.2) is 0 Å². The maximum Gasteiger partial charge on any atom is 0.228 e.